The van der Waals surface area contributed by atoms with E-state index >= 15 is 0 Å². The lowest BCUT2D eigenvalue weighted by Gasteiger charge is -2.26. The predicted molar refractivity (Wildman–Crippen MR) is 90.8 cm³/mol. The highest BCUT2D eigenvalue weighted by atomic mass is 35.5. The highest BCUT2D eigenvalue weighted by molar-refractivity contribution is 6.31. The lowest BCUT2D eigenvalue weighted by atomic mass is 9.78. The average Bonchev–Trinajstić information content (AvgIpc) is 2.54. The molecule has 2 aliphatic carbocycles. The standard InChI is InChI=1S/C20H17Cl/c1-2-13-6-8-15-14(12-13)7-9-18-16-4-3-5-20(21)19(16)11-10-17(15)18/h2-5,7,9,12H,1,6,8,10-11H2. The summed E-state index contributed by atoms with van der Waals surface area (Å²) in [5, 5.41) is 0.907. The number of hydrogen-bond donors (Lipinski definition) is 0. The van der Waals surface area contributed by atoms with Crippen molar-refractivity contribution in [2.45, 2.75) is 25.7 Å². The predicted octanol–water partition coefficient (Wildman–Crippen LogP) is 5.62. The normalized spacial score (nSPS) is 15.6. The van der Waals surface area contributed by atoms with Gasteiger partial charge in [-0.15, -0.1) is 0 Å². The van der Waals surface area contributed by atoms with Crippen molar-refractivity contribution in [1.82, 2.24) is 0 Å². The van der Waals surface area contributed by atoms with E-state index in [1.165, 1.54) is 39.0 Å². The van der Waals surface area contributed by atoms with Crippen LogP contribution in [0.25, 0.3) is 17.2 Å². The molecule has 0 nitrogen and oxygen atoms in total. The van der Waals surface area contributed by atoms with Crippen LogP contribution in [-0.4, -0.2) is 0 Å². The smallest absolute Gasteiger partial charge is 0.0444 e. The van der Waals surface area contributed by atoms with Gasteiger partial charge in [0.05, 0.1) is 0 Å². The van der Waals surface area contributed by atoms with Crippen molar-refractivity contribution in [3.63, 3.8) is 0 Å². The van der Waals surface area contributed by atoms with Gasteiger partial charge >= 0.3 is 0 Å². The number of halogens is 1. The first-order valence-corrected chi connectivity index (χ1v) is 7.91. The van der Waals surface area contributed by atoms with E-state index in [9.17, 15) is 0 Å². The van der Waals surface area contributed by atoms with Crippen LogP contribution in [-0.2, 0) is 19.3 Å². The third-order valence-electron chi connectivity index (χ3n) is 4.77. The molecule has 21 heavy (non-hydrogen) atoms. The molecule has 0 saturated carbocycles. The maximum Gasteiger partial charge on any atom is 0.0444 e. The van der Waals surface area contributed by atoms with Crippen molar-refractivity contribution >= 4 is 17.7 Å². The number of rotatable bonds is 1. The third kappa shape index (κ3) is 1.98. The molecule has 0 heterocycles. The maximum absolute atomic E-state index is 6.37. The molecular formula is C20H17Cl. The Hall–Kier alpha value is -1.79. The number of hydrogen-bond acceptors (Lipinski definition) is 0. The summed E-state index contributed by atoms with van der Waals surface area (Å²) < 4.78 is 0. The summed E-state index contributed by atoms with van der Waals surface area (Å²) in [6.07, 6.45) is 8.67. The average molecular weight is 293 g/mol. The lowest BCUT2D eigenvalue weighted by molar-refractivity contribution is 0.876. The van der Waals surface area contributed by atoms with Gasteiger partial charge < -0.3 is 0 Å². The highest BCUT2D eigenvalue weighted by Crippen LogP contribution is 2.41. The third-order valence-corrected chi connectivity index (χ3v) is 5.12. The Bertz CT molecular complexity index is 781. The van der Waals surface area contributed by atoms with Gasteiger partial charge in [0.15, 0.2) is 0 Å². The second-order valence-corrected chi connectivity index (χ2v) is 6.26. The van der Waals surface area contributed by atoms with Crippen LogP contribution >= 0.6 is 11.6 Å². The Kier molecular flexibility index (Phi) is 3.01. The number of benzene rings is 2. The van der Waals surface area contributed by atoms with Crippen LogP contribution in [0.15, 0.2) is 48.6 Å². The fraction of sp³-hybridized carbons (Fsp3) is 0.200. The highest BCUT2D eigenvalue weighted by Gasteiger charge is 2.22. The van der Waals surface area contributed by atoms with Gasteiger partial charge in [0.25, 0.3) is 0 Å². The molecule has 2 aromatic carbocycles. The van der Waals surface area contributed by atoms with Gasteiger partial charge in [-0.2, -0.15) is 0 Å². The molecule has 4 rings (SSSR count). The summed E-state index contributed by atoms with van der Waals surface area (Å²) in [7, 11) is 0. The molecule has 0 amide bonds. The Morgan fingerprint density at radius 3 is 2.48 bits per heavy atom. The first-order chi connectivity index (χ1) is 10.3. The van der Waals surface area contributed by atoms with Crippen LogP contribution in [0.1, 0.15) is 28.7 Å². The first-order valence-electron chi connectivity index (χ1n) is 7.53. The molecule has 0 N–H and O–H groups in total. The minimum atomic E-state index is 0.907. The van der Waals surface area contributed by atoms with Crippen LogP contribution in [0.2, 0.25) is 5.02 Å². The van der Waals surface area contributed by atoms with E-state index in [2.05, 4.69) is 36.9 Å². The van der Waals surface area contributed by atoms with Crippen molar-refractivity contribution in [3.8, 4) is 11.1 Å². The molecule has 0 aliphatic heterocycles. The zero-order chi connectivity index (χ0) is 14.4. The summed E-state index contributed by atoms with van der Waals surface area (Å²) >= 11 is 6.37. The molecule has 0 spiro atoms. The van der Waals surface area contributed by atoms with Gasteiger partial charge in [-0.3, -0.25) is 0 Å². The Morgan fingerprint density at radius 1 is 0.857 bits per heavy atom. The van der Waals surface area contributed by atoms with E-state index < -0.39 is 0 Å². The van der Waals surface area contributed by atoms with Crippen LogP contribution < -0.4 is 0 Å². The SMILES string of the molecule is C=CC1=Cc2ccc3c(c2CC1)CCc1c(Cl)cccc1-3. The van der Waals surface area contributed by atoms with E-state index in [1.807, 2.05) is 12.1 Å². The molecule has 0 saturated heterocycles. The molecule has 0 unspecified atom stereocenters. The van der Waals surface area contributed by atoms with Crippen LogP contribution in [0.5, 0.6) is 0 Å². The van der Waals surface area contributed by atoms with Crippen LogP contribution in [0.4, 0.5) is 0 Å². The molecule has 2 aromatic rings. The van der Waals surface area contributed by atoms with E-state index in [4.69, 9.17) is 11.6 Å². The summed E-state index contributed by atoms with van der Waals surface area (Å²) in [4.78, 5) is 0. The van der Waals surface area contributed by atoms with E-state index in [0.717, 1.165) is 30.7 Å². The second-order valence-electron chi connectivity index (χ2n) is 5.85. The number of allylic oxidation sites excluding steroid dienone is 2. The fourth-order valence-corrected chi connectivity index (χ4v) is 3.97. The molecule has 0 aromatic heterocycles. The van der Waals surface area contributed by atoms with Crippen molar-refractivity contribution in [3.05, 3.63) is 75.8 Å². The van der Waals surface area contributed by atoms with Gasteiger partial charge in [-0.05, 0) is 70.7 Å². The van der Waals surface area contributed by atoms with Gasteiger partial charge in [0, 0.05) is 5.02 Å². The molecule has 1 heteroatoms. The summed E-state index contributed by atoms with van der Waals surface area (Å²) in [5.41, 5.74) is 9.80. The summed E-state index contributed by atoms with van der Waals surface area (Å²) in [6, 6.07) is 10.8. The van der Waals surface area contributed by atoms with Crippen molar-refractivity contribution in [1.29, 1.82) is 0 Å². The summed E-state index contributed by atoms with van der Waals surface area (Å²) in [5.74, 6) is 0. The maximum atomic E-state index is 6.37. The van der Waals surface area contributed by atoms with Gasteiger partial charge in [0.1, 0.15) is 0 Å². The van der Waals surface area contributed by atoms with Crippen LogP contribution in [0, 0.1) is 0 Å². The summed E-state index contributed by atoms with van der Waals surface area (Å²) in [6.45, 7) is 3.90. The minimum Gasteiger partial charge on any atom is -0.0988 e. The van der Waals surface area contributed by atoms with E-state index in [0.29, 0.717) is 0 Å². The molecule has 0 fully saturated rings. The zero-order valence-electron chi connectivity index (χ0n) is 12.0. The minimum absolute atomic E-state index is 0.907. The Labute approximate surface area is 130 Å². The Morgan fingerprint density at radius 2 is 1.62 bits per heavy atom. The van der Waals surface area contributed by atoms with Gasteiger partial charge in [-0.25, -0.2) is 0 Å². The van der Waals surface area contributed by atoms with E-state index in [-0.39, 0.29) is 0 Å². The number of fused-ring (bicyclic) bond motifs is 5. The Balaban J connectivity index is 1.93. The van der Waals surface area contributed by atoms with Crippen molar-refractivity contribution < 1.29 is 0 Å². The van der Waals surface area contributed by atoms with Crippen LogP contribution in [0.3, 0.4) is 0 Å². The van der Waals surface area contributed by atoms with Gasteiger partial charge in [-0.1, -0.05) is 54.6 Å². The second kappa shape index (κ2) is 4.89. The largest absolute Gasteiger partial charge is 0.0988 e. The monoisotopic (exact) mass is 292 g/mol. The molecule has 0 atom stereocenters. The molecular weight excluding hydrogens is 276 g/mol. The van der Waals surface area contributed by atoms with Gasteiger partial charge in [0.2, 0.25) is 0 Å². The van der Waals surface area contributed by atoms with E-state index in [1.54, 1.807) is 0 Å². The molecule has 0 bridgehead atoms. The molecule has 2 aliphatic rings. The quantitative estimate of drug-likeness (QED) is 0.640. The lowest BCUT2D eigenvalue weighted by Crippen LogP contribution is -2.11. The zero-order valence-corrected chi connectivity index (χ0v) is 12.7. The topological polar surface area (TPSA) is 0 Å². The fourth-order valence-electron chi connectivity index (χ4n) is 3.70. The molecule has 104 valence electrons. The molecule has 0 radical (unpaired) electrons. The van der Waals surface area contributed by atoms with Crippen molar-refractivity contribution in [2.75, 3.05) is 0 Å². The van der Waals surface area contributed by atoms with Crippen molar-refractivity contribution in [2.24, 2.45) is 0 Å². The first kappa shape index (κ1) is 12.9.